The van der Waals surface area contributed by atoms with E-state index in [0.29, 0.717) is 0 Å². The van der Waals surface area contributed by atoms with Gasteiger partial charge in [-0.25, -0.2) is 0 Å². The number of nitrogens with one attached hydrogen (secondary N) is 2. The van der Waals surface area contributed by atoms with Crippen LogP contribution in [0.2, 0.25) is 0 Å². The van der Waals surface area contributed by atoms with E-state index in [0.717, 1.165) is 9.37 Å². The molecule has 114 valence electrons. The highest BCUT2D eigenvalue weighted by atomic mass is 79.9. The van der Waals surface area contributed by atoms with Crippen molar-refractivity contribution in [2.24, 2.45) is 0 Å². The molecule has 1 aromatic carbocycles. The number of hydrogen-bond donors (Lipinski definition) is 2. The molecule has 1 aromatic rings. The molecule has 0 unspecified atom stereocenters. The van der Waals surface area contributed by atoms with Crippen LogP contribution in [0.4, 0.5) is 0 Å². The molecule has 1 rings (SSSR count). The van der Waals surface area contributed by atoms with Crippen molar-refractivity contribution < 1.29 is 19.1 Å². The van der Waals surface area contributed by atoms with E-state index in [1.54, 1.807) is 0 Å². The SMILES string of the molecule is CNC(=O)CNC(=O)COC(=O)CSc1ccc(Br)cc1. The zero-order chi connectivity index (χ0) is 15.7. The van der Waals surface area contributed by atoms with Crippen LogP contribution < -0.4 is 10.6 Å². The minimum atomic E-state index is -0.513. The first-order valence-electron chi connectivity index (χ1n) is 6.02. The standard InChI is InChI=1S/C13H15BrN2O4S/c1-15-11(17)6-16-12(18)7-20-13(19)8-21-10-4-2-9(14)3-5-10/h2-5H,6-8H2,1H3,(H,15,17)(H,16,18). The number of rotatable bonds is 7. The number of benzene rings is 1. The van der Waals surface area contributed by atoms with Crippen molar-refractivity contribution in [3.8, 4) is 0 Å². The highest BCUT2D eigenvalue weighted by Gasteiger charge is 2.09. The number of ether oxygens (including phenoxy) is 1. The summed E-state index contributed by atoms with van der Waals surface area (Å²) in [6.45, 7) is -0.531. The van der Waals surface area contributed by atoms with E-state index in [2.05, 4.69) is 26.6 Å². The van der Waals surface area contributed by atoms with Crippen molar-refractivity contribution >= 4 is 45.5 Å². The molecule has 8 heteroatoms. The molecule has 2 N–H and O–H groups in total. The van der Waals surface area contributed by atoms with Crippen molar-refractivity contribution in [2.45, 2.75) is 4.90 Å². The molecular formula is C13H15BrN2O4S. The van der Waals surface area contributed by atoms with Gasteiger partial charge in [0.05, 0.1) is 12.3 Å². The van der Waals surface area contributed by atoms with Gasteiger partial charge in [0, 0.05) is 16.4 Å². The molecule has 0 aliphatic carbocycles. The third-order valence-electron chi connectivity index (χ3n) is 2.26. The second-order valence-corrected chi connectivity index (χ2v) is 5.82. The van der Waals surface area contributed by atoms with Crippen molar-refractivity contribution in [1.29, 1.82) is 0 Å². The monoisotopic (exact) mass is 374 g/mol. The average molecular weight is 375 g/mol. The van der Waals surface area contributed by atoms with Gasteiger partial charge in [-0.15, -0.1) is 11.8 Å². The second kappa shape index (κ2) is 9.41. The van der Waals surface area contributed by atoms with Gasteiger partial charge in [0.15, 0.2) is 6.61 Å². The fourth-order valence-electron chi connectivity index (χ4n) is 1.18. The Balaban J connectivity index is 2.20. The molecule has 0 radical (unpaired) electrons. The van der Waals surface area contributed by atoms with Crippen molar-refractivity contribution in [3.05, 3.63) is 28.7 Å². The Morgan fingerprint density at radius 1 is 1.19 bits per heavy atom. The minimum Gasteiger partial charge on any atom is -0.455 e. The van der Waals surface area contributed by atoms with Crippen LogP contribution in [-0.4, -0.2) is 43.7 Å². The van der Waals surface area contributed by atoms with E-state index in [4.69, 9.17) is 4.74 Å². The van der Waals surface area contributed by atoms with Crippen LogP contribution in [0.3, 0.4) is 0 Å². The Morgan fingerprint density at radius 3 is 2.48 bits per heavy atom. The molecule has 0 aliphatic rings. The summed E-state index contributed by atoms with van der Waals surface area (Å²) in [6, 6.07) is 7.50. The molecule has 0 bridgehead atoms. The smallest absolute Gasteiger partial charge is 0.316 e. The van der Waals surface area contributed by atoms with E-state index in [-0.39, 0.29) is 18.2 Å². The number of esters is 1. The number of carbonyl (C=O) groups is 3. The highest BCUT2D eigenvalue weighted by molar-refractivity contribution is 9.10. The van der Waals surface area contributed by atoms with Crippen molar-refractivity contribution in [3.63, 3.8) is 0 Å². The highest BCUT2D eigenvalue weighted by Crippen LogP contribution is 2.20. The van der Waals surface area contributed by atoms with Crippen LogP contribution in [0.1, 0.15) is 0 Å². The number of hydrogen-bond acceptors (Lipinski definition) is 5. The maximum Gasteiger partial charge on any atom is 0.316 e. The summed E-state index contributed by atoms with van der Waals surface area (Å²) in [4.78, 5) is 34.6. The van der Waals surface area contributed by atoms with Gasteiger partial charge < -0.3 is 15.4 Å². The zero-order valence-corrected chi connectivity index (χ0v) is 13.8. The van der Waals surface area contributed by atoms with E-state index in [1.807, 2.05) is 24.3 Å². The molecule has 0 spiro atoms. The maximum atomic E-state index is 11.5. The summed E-state index contributed by atoms with van der Waals surface area (Å²) in [6.07, 6.45) is 0. The molecule has 0 fully saturated rings. The molecule has 0 heterocycles. The molecule has 0 aromatic heterocycles. The zero-order valence-electron chi connectivity index (χ0n) is 11.3. The van der Waals surface area contributed by atoms with Gasteiger partial charge in [-0.2, -0.15) is 0 Å². The first kappa shape index (κ1) is 17.5. The molecule has 6 nitrogen and oxygen atoms in total. The Hall–Kier alpha value is -1.54. The quantitative estimate of drug-likeness (QED) is 0.548. The summed E-state index contributed by atoms with van der Waals surface area (Å²) in [5.74, 6) is -1.20. The number of amides is 2. The lowest BCUT2D eigenvalue weighted by Gasteiger charge is -2.06. The topological polar surface area (TPSA) is 84.5 Å². The minimum absolute atomic E-state index is 0.115. The fraction of sp³-hybridized carbons (Fsp3) is 0.308. The van der Waals surface area contributed by atoms with Crippen molar-refractivity contribution in [1.82, 2.24) is 10.6 Å². The van der Waals surface area contributed by atoms with Gasteiger partial charge in [0.1, 0.15) is 0 Å². The Morgan fingerprint density at radius 2 is 1.86 bits per heavy atom. The van der Waals surface area contributed by atoms with Gasteiger partial charge in [-0.05, 0) is 24.3 Å². The molecule has 0 saturated heterocycles. The second-order valence-electron chi connectivity index (χ2n) is 3.85. The summed E-state index contributed by atoms with van der Waals surface area (Å²) < 4.78 is 5.76. The van der Waals surface area contributed by atoms with Gasteiger partial charge in [-0.3, -0.25) is 14.4 Å². The van der Waals surface area contributed by atoms with E-state index >= 15 is 0 Å². The van der Waals surface area contributed by atoms with E-state index < -0.39 is 18.5 Å². The van der Waals surface area contributed by atoms with E-state index in [1.165, 1.54) is 18.8 Å². The predicted octanol–water partition coefficient (Wildman–Crippen LogP) is 0.947. The third kappa shape index (κ3) is 7.72. The maximum absolute atomic E-state index is 11.5. The number of likely N-dealkylation sites (N-methyl/N-ethyl adjacent to an activating group) is 1. The largest absolute Gasteiger partial charge is 0.455 e. The normalized spacial score (nSPS) is 9.81. The third-order valence-corrected chi connectivity index (χ3v) is 3.77. The fourth-order valence-corrected chi connectivity index (χ4v) is 2.14. The van der Waals surface area contributed by atoms with Crippen LogP contribution in [0.5, 0.6) is 0 Å². The van der Waals surface area contributed by atoms with Crippen molar-refractivity contribution in [2.75, 3.05) is 26.0 Å². The first-order valence-corrected chi connectivity index (χ1v) is 7.80. The van der Waals surface area contributed by atoms with Crippen LogP contribution in [0, 0.1) is 0 Å². The summed E-state index contributed by atoms with van der Waals surface area (Å²) in [7, 11) is 1.47. The van der Waals surface area contributed by atoms with Crippen LogP contribution in [0.15, 0.2) is 33.6 Å². The number of halogens is 1. The molecule has 0 atom stereocenters. The molecule has 0 aliphatic heterocycles. The van der Waals surface area contributed by atoms with Crippen LogP contribution >= 0.6 is 27.7 Å². The molecule has 2 amide bonds. The number of thioether (sulfide) groups is 1. The Bertz CT molecular complexity index is 507. The van der Waals surface area contributed by atoms with Crippen LogP contribution in [-0.2, 0) is 19.1 Å². The molecule has 0 saturated carbocycles. The number of carbonyl (C=O) groups excluding carboxylic acids is 3. The average Bonchev–Trinajstić information content (AvgIpc) is 2.49. The summed E-state index contributed by atoms with van der Waals surface area (Å²) in [5, 5.41) is 4.69. The van der Waals surface area contributed by atoms with Gasteiger partial charge in [0.2, 0.25) is 5.91 Å². The predicted molar refractivity (Wildman–Crippen MR) is 82.9 cm³/mol. The molecule has 21 heavy (non-hydrogen) atoms. The first-order chi connectivity index (χ1) is 10.0. The summed E-state index contributed by atoms with van der Waals surface area (Å²) in [5.41, 5.74) is 0. The van der Waals surface area contributed by atoms with Gasteiger partial charge >= 0.3 is 5.97 Å². The Labute approximate surface area is 135 Å². The molecular weight excluding hydrogens is 360 g/mol. The summed E-state index contributed by atoms with van der Waals surface area (Å²) >= 11 is 4.64. The van der Waals surface area contributed by atoms with Crippen LogP contribution in [0.25, 0.3) is 0 Å². The van der Waals surface area contributed by atoms with E-state index in [9.17, 15) is 14.4 Å². The van der Waals surface area contributed by atoms with Gasteiger partial charge in [0.25, 0.3) is 5.91 Å². The van der Waals surface area contributed by atoms with Gasteiger partial charge in [-0.1, -0.05) is 15.9 Å². The lowest BCUT2D eigenvalue weighted by atomic mass is 10.4. The lowest BCUT2D eigenvalue weighted by Crippen LogP contribution is -2.37. The Kier molecular flexibility index (Phi) is 7.84. The lowest BCUT2D eigenvalue weighted by molar-refractivity contribution is -0.146.